The normalized spacial score (nSPS) is 11.4. The van der Waals surface area contributed by atoms with Gasteiger partial charge in [-0.2, -0.15) is 0 Å². The molecule has 0 aliphatic carbocycles. The van der Waals surface area contributed by atoms with Gasteiger partial charge in [-0.1, -0.05) is 37.3 Å². The van der Waals surface area contributed by atoms with E-state index in [0.717, 1.165) is 5.56 Å². The van der Waals surface area contributed by atoms with E-state index in [2.05, 4.69) is 0 Å². The van der Waals surface area contributed by atoms with E-state index in [0.29, 0.717) is 0 Å². The first-order chi connectivity index (χ1) is 5.22. The van der Waals surface area contributed by atoms with Crippen LogP contribution in [0.25, 0.3) is 0 Å². The molecule has 0 saturated heterocycles. The van der Waals surface area contributed by atoms with E-state index in [9.17, 15) is 9.90 Å². The summed E-state index contributed by atoms with van der Waals surface area (Å²) in [6.45, 7) is 1.62. The molecule has 1 unspecified atom stereocenters. The topological polar surface area (TPSA) is 76.6 Å². The third-order valence-electron chi connectivity index (χ3n) is 1.65. The zero-order valence-corrected chi connectivity index (χ0v) is 7.28. The lowest BCUT2D eigenvalue weighted by Crippen LogP contribution is -2.27. The number of carbonyl (C=O) groups excluding carboxylic acids is 1. The molecule has 0 spiro atoms. The van der Waals surface area contributed by atoms with Crippen LogP contribution in [-0.2, 0) is 4.79 Å². The summed E-state index contributed by atoms with van der Waals surface area (Å²) in [4.78, 5) is 10.4. The van der Waals surface area contributed by atoms with Crippen molar-refractivity contribution < 1.29 is 9.90 Å². The van der Waals surface area contributed by atoms with Gasteiger partial charge < -0.3 is 16.1 Å². The summed E-state index contributed by atoms with van der Waals surface area (Å²) >= 11 is 0. The van der Waals surface area contributed by atoms with E-state index in [1.165, 1.54) is 0 Å². The average Bonchev–Trinajstić information content (AvgIpc) is 2.05. The third kappa shape index (κ3) is 2.36. The molecule has 0 radical (unpaired) electrons. The second-order valence-electron chi connectivity index (χ2n) is 2.45. The van der Waals surface area contributed by atoms with E-state index in [4.69, 9.17) is 0 Å². The van der Waals surface area contributed by atoms with Gasteiger partial charge in [0.05, 0.1) is 0 Å². The van der Waals surface area contributed by atoms with Crippen LogP contribution >= 0.6 is 0 Å². The molecular weight excluding hydrogens is 154 g/mol. The molecule has 0 heterocycles. The molecule has 0 aliphatic heterocycles. The lowest BCUT2D eigenvalue weighted by atomic mass is 10.0. The summed E-state index contributed by atoms with van der Waals surface area (Å²) in [6.07, 6.45) is 0. The Hall–Kier alpha value is -1.35. The number of carbonyl (C=O) groups is 1. The number of benzene rings is 1. The van der Waals surface area contributed by atoms with Crippen molar-refractivity contribution in [3.63, 3.8) is 0 Å². The fourth-order valence-corrected chi connectivity index (χ4v) is 0.878. The number of aliphatic carboxylic acids is 1. The monoisotopic (exact) mass is 167 g/mol. The van der Waals surface area contributed by atoms with Crippen LogP contribution in [0.15, 0.2) is 30.3 Å². The summed E-state index contributed by atoms with van der Waals surface area (Å²) in [5.74, 6) is -1.55. The molecular formula is C9H13NO2. The zero-order chi connectivity index (χ0) is 8.27. The van der Waals surface area contributed by atoms with Gasteiger partial charge in [0.25, 0.3) is 0 Å². The molecule has 1 atom stereocenters. The Balaban J connectivity index is 0.00000121. The second-order valence-corrected chi connectivity index (χ2v) is 2.45. The maximum atomic E-state index is 10.4. The van der Waals surface area contributed by atoms with Crippen LogP contribution in [0.4, 0.5) is 0 Å². The maximum Gasteiger partial charge on any atom is 0.0486 e. The molecule has 0 aromatic heterocycles. The number of quaternary nitrogens is 1. The highest BCUT2D eigenvalue weighted by molar-refractivity contribution is 5.73. The molecule has 3 heteroatoms. The van der Waals surface area contributed by atoms with Crippen molar-refractivity contribution in [1.82, 2.24) is 6.15 Å². The molecule has 1 aromatic carbocycles. The fraction of sp³-hybridized carbons (Fsp3) is 0.222. The van der Waals surface area contributed by atoms with Gasteiger partial charge in [0.15, 0.2) is 0 Å². The van der Waals surface area contributed by atoms with Crippen molar-refractivity contribution in [2.45, 2.75) is 12.8 Å². The summed E-state index contributed by atoms with van der Waals surface area (Å²) in [5, 5.41) is 10.4. The van der Waals surface area contributed by atoms with Crippen LogP contribution in [0.3, 0.4) is 0 Å². The Kier molecular flexibility index (Phi) is 4.00. The average molecular weight is 167 g/mol. The molecule has 0 saturated carbocycles. The summed E-state index contributed by atoms with van der Waals surface area (Å²) in [7, 11) is 0. The largest absolute Gasteiger partial charge is 0.550 e. The minimum absolute atomic E-state index is 0. The molecule has 1 aromatic rings. The van der Waals surface area contributed by atoms with Gasteiger partial charge in [0.1, 0.15) is 0 Å². The minimum Gasteiger partial charge on any atom is -0.550 e. The van der Waals surface area contributed by atoms with E-state index in [1.54, 1.807) is 19.1 Å². The lowest BCUT2D eigenvalue weighted by Gasteiger charge is -2.11. The van der Waals surface area contributed by atoms with Gasteiger partial charge in [0.2, 0.25) is 0 Å². The molecule has 3 nitrogen and oxygen atoms in total. The first-order valence-electron chi connectivity index (χ1n) is 3.47. The number of hydrogen-bond donors (Lipinski definition) is 1. The predicted molar refractivity (Wildman–Crippen MR) is 45.8 cm³/mol. The minimum atomic E-state index is -1.03. The lowest BCUT2D eigenvalue weighted by molar-refractivity contribution is -0.307. The van der Waals surface area contributed by atoms with Crippen LogP contribution in [0.1, 0.15) is 18.4 Å². The molecule has 0 bridgehead atoms. The first-order valence-corrected chi connectivity index (χ1v) is 3.47. The van der Waals surface area contributed by atoms with Crippen molar-refractivity contribution >= 4 is 5.97 Å². The molecule has 66 valence electrons. The number of carboxylic acids is 1. The zero-order valence-electron chi connectivity index (χ0n) is 7.28. The smallest absolute Gasteiger partial charge is 0.0486 e. The van der Waals surface area contributed by atoms with E-state index >= 15 is 0 Å². The van der Waals surface area contributed by atoms with E-state index in [1.807, 2.05) is 18.2 Å². The molecule has 0 aliphatic rings. The Bertz CT molecular complexity index is 246. The highest BCUT2D eigenvalue weighted by Gasteiger charge is 2.03. The van der Waals surface area contributed by atoms with Crippen molar-refractivity contribution in [3.8, 4) is 0 Å². The number of hydrogen-bond acceptors (Lipinski definition) is 2. The fourth-order valence-electron chi connectivity index (χ4n) is 0.878. The second kappa shape index (κ2) is 4.51. The van der Waals surface area contributed by atoms with Crippen LogP contribution in [0.5, 0.6) is 0 Å². The van der Waals surface area contributed by atoms with Crippen LogP contribution < -0.4 is 11.3 Å². The maximum absolute atomic E-state index is 10.4. The standard InChI is InChI=1S/C9H10O2.H3N/c1-7(9(10)11)8-5-3-2-4-6-8;/h2-7H,1H3,(H,10,11);1H3. The number of rotatable bonds is 2. The Morgan fingerprint density at radius 3 is 2.25 bits per heavy atom. The van der Waals surface area contributed by atoms with Gasteiger partial charge in [-0.05, 0) is 5.56 Å². The van der Waals surface area contributed by atoms with E-state index in [-0.39, 0.29) is 6.15 Å². The number of carboxylic acid groups (broad SMARTS) is 1. The van der Waals surface area contributed by atoms with Gasteiger partial charge in [0, 0.05) is 11.9 Å². The third-order valence-corrected chi connectivity index (χ3v) is 1.65. The highest BCUT2D eigenvalue weighted by Crippen LogP contribution is 2.12. The van der Waals surface area contributed by atoms with Gasteiger partial charge in [-0.3, -0.25) is 0 Å². The summed E-state index contributed by atoms with van der Waals surface area (Å²) < 4.78 is 0. The van der Waals surface area contributed by atoms with Gasteiger partial charge >= 0.3 is 0 Å². The van der Waals surface area contributed by atoms with Crippen molar-refractivity contribution in [2.75, 3.05) is 0 Å². The molecule has 12 heavy (non-hydrogen) atoms. The summed E-state index contributed by atoms with van der Waals surface area (Å²) in [5.41, 5.74) is 0.785. The van der Waals surface area contributed by atoms with Crippen molar-refractivity contribution in [1.29, 1.82) is 0 Å². The molecule has 4 N–H and O–H groups in total. The van der Waals surface area contributed by atoms with Crippen LogP contribution in [0.2, 0.25) is 0 Å². The van der Waals surface area contributed by atoms with Crippen LogP contribution in [-0.4, -0.2) is 5.97 Å². The SMILES string of the molecule is CC(C(=O)[O-])c1ccccc1.[NH4+]. The van der Waals surface area contributed by atoms with Gasteiger partial charge in [-0.15, -0.1) is 0 Å². The highest BCUT2D eigenvalue weighted by atomic mass is 16.4. The molecule has 1 rings (SSSR count). The predicted octanol–water partition coefficient (Wildman–Crippen LogP) is 0.916. The van der Waals surface area contributed by atoms with Gasteiger partial charge in [-0.25, -0.2) is 0 Å². The van der Waals surface area contributed by atoms with Crippen LogP contribution in [0, 0.1) is 0 Å². The summed E-state index contributed by atoms with van der Waals surface area (Å²) in [6, 6.07) is 9.04. The Labute approximate surface area is 71.6 Å². The molecule has 0 fully saturated rings. The first kappa shape index (κ1) is 10.7. The Morgan fingerprint density at radius 2 is 1.83 bits per heavy atom. The van der Waals surface area contributed by atoms with Crippen molar-refractivity contribution in [2.24, 2.45) is 0 Å². The Morgan fingerprint density at radius 1 is 1.33 bits per heavy atom. The quantitative estimate of drug-likeness (QED) is 0.710. The van der Waals surface area contributed by atoms with E-state index < -0.39 is 11.9 Å². The molecule has 0 amide bonds. The van der Waals surface area contributed by atoms with Crippen molar-refractivity contribution in [3.05, 3.63) is 35.9 Å².